The molecule has 1 aliphatic rings. The van der Waals surface area contributed by atoms with Crippen molar-refractivity contribution in [2.45, 2.75) is 38.3 Å². The zero-order valence-corrected chi connectivity index (χ0v) is 19.6. The van der Waals surface area contributed by atoms with E-state index in [-0.39, 0.29) is 11.7 Å². The Morgan fingerprint density at radius 1 is 1.12 bits per heavy atom. The summed E-state index contributed by atoms with van der Waals surface area (Å²) in [6.07, 6.45) is 2.06. The largest absolute Gasteiger partial charge is 0.508 e. The Hall–Kier alpha value is -3.57. The molecule has 3 rings (SSSR count). The van der Waals surface area contributed by atoms with Gasteiger partial charge in [0.25, 0.3) is 5.91 Å². The molecule has 0 bridgehead atoms. The van der Waals surface area contributed by atoms with Crippen molar-refractivity contribution >= 4 is 11.9 Å². The molecule has 34 heavy (non-hydrogen) atoms. The van der Waals surface area contributed by atoms with Crippen LogP contribution in [0.15, 0.2) is 54.6 Å². The van der Waals surface area contributed by atoms with Crippen molar-refractivity contribution in [3.63, 3.8) is 0 Å². The molecule has 8 nitrogen and oxygen atoms in total. The Morgan fingerprint density at radius 3 is 2.32 bits per heavy atom. The van der Waals surface area contributed by atoms with E-state index in [0.29, 0.717) is 44.7 Å². The fraction of sp³-hybridized carbons (Fsp3) is 0.423. The molecule has 1 heterocycles. The normalized spacial score (nSPS) is 16.3. The third kappa shape index (κ3) is 5.67. The third-order valence-corrected chi connectivity index (χ3v) is 6.33. The average molecular weight is 464 g/mol. The maximum atomic E-state index is 13.6. The van der Waals surface area contributed by atoms with Crippen LogP contribution in [0.4, 0.5) is 0 Å². The van der Waals surface area contributed by atoms with Crippen molar-refractivity contribution in [3.05, 3.63) is 65.7 Å². The Bertz CT molecular complexity index is 997. The second-order valence-corrected chi connectivity index (χ2v) is 8.60. The molecule has 180 valence electrons. The van der Waals surface area contributed by atoms with E-state index >= 15 is 0 Å². The van der Waals surface area contributed by atoms with E-state index in [1.165, 1.54) is 0 Å². The number of aliphatic hydroxyl groups is 1. The average Bonchev–Trinajstić information content (AvgIpc) is 2.88. The minimum Gasteiger partial charge on any atom is -0.508 e. The molecular formula is C26H33N5O3. The fourth-order valence-electron chi connectivity index (χ4n) is 4.23. The summed E-state index contributed by atoms with van der Waals surface area (Å²) in [6, 6.07) is 17.7. The summed E-state index contributed by atoms with van der Waals surface area (Å²) >= 11 is 0. The van der Waals surface area contributed by atoms with E-state index in [1.807, 2.05) is 17.9 Å². The number of nitriles is 1. The molecule has 2 aromatic carbocycles. The Kier molecular flexibility index (Phi) is 8.50. The lowest BCUT2D eigenvalue weighted by atomic mass is 9.78. The van der Waals surface area contributed by atoms with Gasteiger partial charge in [0.05, 0.1) is 12.0 Å². The molecule has 0 saturated carbocycles. The van der Waals surface area contributed by atoms with Gasteiger partial charge in [-0.3, -0.25) is 10.2 Å². The van der Waals surface area contributed by atoms with Crippen LogP contribution in [0.2, 0.25) is 0 Å². The van der Waals surface area contributed by atoms with Gasteiger partial charge in [-0.05, 0) is 29.7 Å². The summed E-state index contributed by atoms with van der Waals surface area (Å²) in [5.74, 6) is -0.838. The van der Waals surface area contributed by atoms with Gasteiger partial charge in [-0.2, -0.15) is 5.26 Å². The van der Waals surface area contributed by atoms with Crippen molar-refractivity contribution < 1.29 is 15.0 Å². The lowest BCUT2D eigenvalue weighted by Gasteiger charge is -2.41. The molecule has 0 spiro atoms. The standard InChI is InChI=1S/C26H33N5O3/c1-2-3-7-22(18-27)26(34,21-8-5-4-6-9-21)24(33)30-14-16-31(17-15-30)25(28)29-19-20-10-12-23(32)13-11-20/h4-6,8-13,22,32,34H,2-3,7,14-17,19H2,1H3,(H2,28,29)/t22?,26-/m0/s1. The van der Waals surface area contributed by atoms with Gasteiger partial charge in [0.2, 0.25) is 0 Å². The number of phenols is 1. The van der Waals surface area contributed by atoms with Crippen LogP contribution in [-0.2, 0) is 16.9 Å². The molecule has 8 heteroatoms. The molecule has 1 fully saturated rings. The predicted molar refractivity (Wildman–Crippen MR) is 130 cm³/mol. The van der Waals surface area contributed by atoms with Gasteiger partial charge in [-0.15, -0.1) is 0 Å². The third-order valence-electron chi connectivity index (χ3n) is 6.33. The number of unbranched alkanes of at least 4 members (excludes halogenated alkanes) is 1. The van der Waals surface area contributed by atoms with Gasteiger partial charge < -0.3 is 25.3 Å². The first-order valence-electron chi connectivity index (χ1n) is 11.7. The molecule has 2 aromatic rings. The Balaban J connectivity index is 1.65. The first-order valence-corrected chi connectivity index (χ1v) is 11.7. The molecule has 2 atom stereocenters. The Labute approximate surface area is 200 Å². The number of hydrogen-bond donors (Lipinski definition) is 4. The summed E-state index contributed by atoms with van der Waals surface area (Å²) in [5.41, 5.74) is -0.523. The number of rotatable bonds is 8. The maximum absolute atomic E-state index is 13.6. The monoisotopic (exact) mass is 463 g/mol. The number of nitrogens with zero attached hydrogens (tertiary/aromatic N) is 3. The number of amides is 1. The van der Waals surface area contributed by atoms with Crippen LogP contribution in [0.25, 0.3) is 0 Å². The zero-order chi connectivity index (χ0) is 24.6. The highest BCUT2D eigenvalue weighted by molar-refractivity contribution is 5.87. The lowest BCUT2D eigenvalue weighted by Crippen LogP contribution is -2.58. The molecular weight excluding hydrogens is 430 g/mol. The molecule has 0 aliphatic carbocycles. The lowest BCUT2D eigenvalue weighted by molar-refractivity contribution is -0.158. The quantitative estimate of drug-likeness (QED) is 0.353. The molecule has 0 radical (unpaired) electrons. The molecule has 1 amide bonds. The first kappa shape index (κ1) is 25.1. The second-order valence-electron chi connectivity index (χ2n) is 8.60. The molecule has 1 aliphatic heterocycles. The number of benzene rings is 2. The van der Waals surface area contributed by atoms with Crippen LogP contribution in [0.5, 0.6) is 5.75 Å². The molecule has 1 saturated heterocycles. The van der Waals surface area contributed by atoms with Crippen molar-refractivity contribution in [2.75, 3.05) is 26.2 Å². The summed E-state index contributed by atoms with van der Waals surface area (Å²) in [6.45, 7) is 4.07. The smallest absolute Gasteiger partial charge is 0.260 e. The fourth-order valence-corrected chi connectivity index (χ4v) is 4.23. The minimum absolute atomic E-state index is 0.198. The van der Waals surface area contributed by atoms with E-state index < -0.39 is 17.4 Å². The minimum atomic E-state index is -1.90. The number of carbonyl (C=O) groups excluding carboxylic acids is 1. The van der Waals surface area contributed by atoms with E-state index in [2.05, 4.69) is 11.4 Å². The van der Waals surface area contributed by atoms with Crippen molar-refractivity contribution in [2.24, 2.45) is 5.92 Å². The van der Waals surface area contributed by atoms with Crippen LogP contribution in [0.3, 0.4) is 0 Å². The van der Waals surface area contributed by atoms with Gasteiger partial charge in [0.1, 0.15) is 5.75 Å². The SMILES string of the molecule is CCCCC(C#N)[C@](O)(C(=O)N1CCN(C(=N)NCc2ccc(O)cc2)CC1)c1ccccc1. The van der Waals surface area contributed by atoms with Gasteiger partial charge in [-0.25, -0.2) is 0 Å². The summed E-state index contributed by atoms with van der Waals surface area (Å²) < 4.78 is 0. The highest BCUT2D eigenvalue weighted by Gasteiger charge is 2.48. The Morgan fingerprint density at radius 2 is 1.74 bits per heavy atom. The summed E-state index contributed by atoms with van der Waals surface area (Å²) in [5, 5.41) is 42.3. The van der Waals surface area contributed by atoms with Crippen molar-refractivity contribution in [3.8, 4) is 11.8 Å². The predicted octanol–water partition coefficient (Wildman–Crippen LogP) is 2.78. The number of piperazine rings is 1. The number of guanidine groups is 1. The molecule has 4 N–H and O–H groups in total. The van der Waals surface area contributed by atoms with E-state index in [9.17, 15) is 20.3 Å². The van der Waals surface area contributed by atoms with Crippen LogP contribution in [0, 0.1) is 22.7 Å². The number of nitrogens with one attached hydrogen (secondary N) is 2. The van der Waals surface area contributed by atoms with Crippen LogP contribution in [-0.4, -0.2) is 58.1 Å². The van der Waals surface area contributed by atoms with Crippen molar-refractivity contribution in [1.82, 2.24) is 15.1 Å². The van der Waals surface area contributed by atoms with E-state index in [4.69, 9.17) is 5.41 Å². The van der Waals surface area contributed by atoms with Crippen LogP contribution >= 0.6 is 0 Å². The number of phenolic OH excluding ortho intramolecular Hbond substituents is 1. The van der Waals surface area contributed by atoms with Gasteiger partial charge in [0.15, 0.2) is 11.6 Å². The highest BCUT2D eigenvalue weighted by atomic mass is 16.3. The van der Waals surface area contributed by atoms with Gasteiger partial charge in [0, 0.05) is 32.7 Å². The summed E-state index contributed by atoms with van der Waals surface area (Å²) in [4.78, 5) is 17.1. The maximum Gasteiger partial charge on any atom is 0.260 e. The van der Waals surface area contributed by atoms with E-state index in [0.717, 1.165) is 18.4 Å². The summed E-state index contributed by atoms with van der Waals surface area (Å²) in [7, 11) is 0. The van der Waals surface area contributed by atoms with Crippen LogP contribution < -0.4 is 5.32 Å². The number of aromatic hydroxyl groups is 1. The van der Waals surface area contributed by atoms with Gasteiger partial charge in [-0.1, -0.05) is 62.2 Å². The number of carbonyl (C=O) groups is 1. The molecule has 1 unspecified atom stereocenters. The van der Waals surface area contributed by atoms with Crippen molar-refractivity contribution in [1.29, 1.82) is 10.7 Å². The topological polar surface area (TPSA) is 124 Å². The van der Waals surface area contributed by atoms with Crippen LogP contribution in [0.1, 0.15) is 37.3 Å². The zero-order valence-electron chi connectivity index (χ0n) is 19.6. The van der Waals surface area contributed by atoms with E-state index in [1.54, 1.807) is 53.4 Å². The second kappa shape index (κ2) is 11.5. The first-order chi connectivity index (χ1) is 16.4. The molecule has 0 aromatic heterocycles. The highest BCUT2D eigenvalue weighted by Crippen LogP contribution is 2.35. The van der Waals surface area contributed by atoms with Gasteiger partial charge >= 0.3 is 0 Å². The number of hydrogen-bond acceptors (Lipinski definition) is 5.